The maximum atomic E-state index is 13.6. The van der Waals surface area contributed by atoms with E-state index in [0.29, 0.717) is 19.0 Å². The van der Waals surface area contributed by atoms with Gasteiger partial charge in [0.15, 0.2) is 11.6 Å². The molecule has 0 amide bonds. The summed E-state index contributed by atoms with van der Waals surface area (Å²) in [7, 11) is -1.22. The minimum atomic E-state index is -2.71. The van der Waals surface area contributed by atoms with Gasteiger partial charge in [0, 0.05) is 26.7 Å². The Kier molecular flexibility index (Phi) is 6.44. The van der Waals surface area contributed by atoms with Crippen molar-refractivity contribution < 1.29 is 18.3 Å². The van der Waals surface area contributed by atoms with Gasteiger partial charge in [-0.25, -0.2) is 18.4 Å². The second kappa shape index (κ2) is 9.11. The van der Waals surface area contributed by atoms with E-state index in [1.807, 2.05) is 54.6 Å². The van der Waals surface area contributed by atoms with E-state index in [1.54, 1.807) is 4.68 Å². The fourth-order valence-corrected chi connectivity index (χ4v) is 4.03. The number of aromatic nitrogens is 3. The van der Waals surface area contributed by atoms with Crippen LogP contribution in [-0.2, 0) is 18.1 Å². The highest BCUT2D eigenvalue weighted by Crippen LogP contribution is 2.54. The molecule has 0 aliphatic heterocycles. The van der Waals surface area contributed by atoms with E-state index in [2.05, 4.69) is 29.7 Å². The molecule has 1 heterocycles. The maximum absolute atomic E-state index is 13.6. The first-order chi connectivity index (χ1) is 15.2. The average molecular weight is 458 g/mol. The lowest BCUT2D eigenvalue weighted by Crippen LogP contribution is -2.22. The van der Waals surface area contributed by atoms with Crippen LogP contribution in [0.4, 0.5) is 8.78 Å². The molecule has 1 aliphatic rings. The zero-order valence-electron chi connectivity index (χ0n) is 18.7. The molecule has 8 heteroatoms. The predicted molar refractivity (Wildman–Crippen MR) is 123 cm³/mol. The summed E-state index contributed by atoms with van der Waals surface area (Å²) in [6.45, 7) is 8.14. The fraction of sp³-hybridized carbons (Fsp3) is 0.417. The van der Waals surface area contributed by atoms with Gasteiger partial charge in [-0.3, -0.25) is 0 Å². The topological polar surface area (TPSA) is 49.2 Å². The molecule has 1 unspecified atom stereocenters. The number of hydrogen-bond donors (Lipinski definition) is 0. The van der Waals surface area contributed by atoms with Crippen LogP contribution in [0.2, 0.25) is 25.7 Å². The first kappa shape index (κ1) is 22.6. The molecule has 1 fully saturated rings. The normalized spacial score (nSPS) is 17.3. The summed E-state index contributed by atoms with van der Waals surface area (Å²) in [5.74, 6) is -2.17. The van der Waals surface area contributed by atoms with Crippen molar-refractivity contribution in [2.45, 2.75) is 57.3 Å². The highest BCUT2D eigenvalue weighted by atomic mass is 28.3. The Morgan fingerprint density at radius 1 is 1.06 bits per heavy atom. The molecule has 4 rings (SSSR count). The Bertz CT molecular complexity index is 1030. The molecule has 32 heavy (non-hydrogen) atoms. The number of rotatable bonds is 10. The monoisotopic (exact) mass is 457 g/mol. The van der Waals surface area contributed by atoms with Crippen LogP contribution in [0.25, 0.3) is 11.4 Å². The van der Waals surface area contributed by atoms with Crippen molar-refractivity contribution in [3.8, 4) is 17.1 Å². The van der Waals surface area contributed by atoms with E-state index in [4.69, 9.17) is 9.47 Å². The molecule has 1 aromatic heterocycles. The van der Waals surface area contributed by atoms with Gasteiger partial charge in [-0.05, 0) is 35.9 Å². The summed E-state index contributed by atoms with van der Waals surface area (Å²) < 4.78 is 40.5. The van der Waals surface area contributed by atoms with Gasteiger partial charge in [-0.15, -0.1) is 0 Å². The molecule has 0 radical (unpaired) electrons. The minimum Gasteiger partial charge on any atom is -0.489 e. The van der Waals surface area contributed by atoms with E-state index >= 15 is 0 Å². The molecule has 5 nitrogen and oxygen atoms in total. The summed E-state index contributed by atoms with van der Waals surface area (Å²) in [5.41, 5.74) is 1.87. The van der Waals surface area contributed by atoms with E-state index in [1.165, 1.54) is 0 Å². The number of halogens is 2. The van der Waals surface area contributed by atoms with Crippen molar-refractivity contribution in [1.82, 2.24) is 14.8 Å². The average Bonchev–Trinajstić information content (AvgIpc) is 3.20. The van der Waals surface area contributed by atoms with Crippen LogP contribution < -0.4 is 4.74 Å². The van der Waals surface area contributed by atoms with E-state index in [9.17, 15) is 8.78 Å². The van der Waals surface area contributed by atoms with Crippen molar-refractivity contribution in [3.05, 3.63) is 66.0 Å². The molecule has 2 aromatic carbocycles. The van der Waals surface area contributed by atoms with Crippen molar-refractivity contribution in [2.75, 3.05) is 6.61 Å². The number of alkyl halides is 2. The van der Waals surface area contributed by atoms with Crippen LogP contribution >= 0.6 is 0 Å². The maximum Gasteiger partial charge on any atom is 0.259 e. The second-order valence-electron chi connectivity index (χ2n) is 9.46. The molecule has 0 saturated heterocycles. The van der Waals surface area contributed by atoms with Crippen LogP contribution in [0.1, 0.15) is 23.7 Å². The molecule has 1 aliphatic carbocycles. The summed E-state index contributed by atoms with van der Waals surface area (Å²) in [6.07, 6.45) is -0.195. The quantitative estimate of drug-likeness (QED) is 0.278. The van der Waals surface area contributed by atoms with Crippen molar-refractivity contribution >= 4 is 8.07 Å². The predicted octanol–water partition coefficient (Wildman–Crippen LogP) is 5.96. The molecule has 170 valence electrons. The van der Waals surface area contributed by atoms with Gasteiger partial charge in [-0.2, -0.15) is 5.10 Å². The third-order valence-corrected chi connectivity index (χ3v) is 7.10. The first-order valence-electron chi connectivity index (χ1n) is 10.9. The van der Waals surface area contributed by atoms with Gasteiger partial charge in [0.1, 0.15) is 19.1 Å². The second-order valence-corrected chi connectivity index (χ2v) is 15.1. The fourth-order valence-electron chi connectivity index (χ4n) is 3.27. The van der Waals surface area contributed by atoms with Crippen LogP contribution in [0.5, 0.6) is 5.75 Å². The summed E-state index contributed by atoms with van der Waals surface area (Å²) >= 11 is 0. The largest absolute Gasteiger partial charge is 0.489 e. The van der Waals surface area contributed by atoms with Gasteiger partial charge >= 0.3 is 0 Å². The van der Waals surface area contributed by atoms with Gasteiger partial charge < -0.3 is 9.47 Å². The van der Waals surface area contributed by atoms with Crippen molar-refractivity contribution in [1.29, 1.82) is 0 Å². The molecule has 3 aromatic rings. The van der Waals surface area contributed by atoms with Crippen LogP contribution in [0.3, 0.4) is 0 Å². The van der Waals surface area contributed by atoms with Crippen molar-refractivity contribution in [2.24, 2.45) is 0 Å². The lowest BCUT2D eigenvalue weighted by atomic mass is 10.2. The summed E-state index contributed by atoms with van der Waals surface area (Å²) in [4.78, 5) is 4.45. The number of ether oxygens (including phenoxy) is 2. The van der Waals surface area contributed by atoms with Gasteiger partial charge in [0.05, 0.1) is 5.92 Å². The molecule has 0 N–H and O–H groups in total. The van der Waals surface area contributed by atoms with Gasteiger partial charge in [0.2, 0.25) is 0 Å². The van der Waals surface area contributed by atoms with Crippen molar-refractivity contribution in [3.63, 3.8) is 0 Å². The summed E-state index contributed by atoms with van der Waals surface area (Å²) in [5, 5.41) is 4.36. The highest BCUT2D eigenvalue weighted by molar-refractivity contribution is 6.76. The smallest absolute Gasteiger partial charge is 0.259 e. The molecule has 0 spiro atoms. The van der Waals surface area contributed by atoms with E-state index < -0.39 is 19.9 Å². The standard InChI is InChI=1S/C24H29F2N3O2Si/c1-32(2,3)14-13-30-17-29-23(27-22(28-29)21-15-24(21,25)26)19-9-11-20(12-10-19)31-16-18-7-5-4-6-8-18/h4-12,21H,13-17H2,1-3H3. The number of nitrogens with zero attached hydrogens (tertiary/aromatic N) is 3. The Labute approximate surface area is 188 Å². The van der Waals surface area contributed by atoms with Crippen LogP contribution in [0.15, 0.2) is 54.6 Å². The Hall–Kier alpha value is -2.58. The SMILES string of the molecule is C[Si](C)(C)CCOCn1nc(C2CC2(F)F)nc1-c1ccc(OCc2ccccc2)cc1. The van der Waals surface area contributed by atoms with Gasteiger partial charge in [-0.1, -0.05) is 50.0 Å². The molecular weight excluding hydrogens is 428 g/mol. The van der Waals surface area contributed by atoms with E-state index in [0.717, 1.165) is 22.9 Å². The lowest BCUT2D eigenvalue weighted by molar-refractivity contribution is 0.0787. The Morgan fingerprint density at radius 2 is 1.75 bits per heavy atom. The third kappa shape index (κ3) is 5.80. The number of hydrogen-bond acceptors (Lipinski definition) is 4. The van der Waals surface area contributed by atoms with E-state index in [-0.39, 0.29) is 19.0 Å². The first-order valence-corrected chi connectivity index (χ1v) is 14.6. The highest BCUT2D eigenvalue weighted by Gasteiger charge is 2.60. The zero-order valence-corrected chi connectivity index (χ0v) is 19.7. The zero-order chi connectivity index (χ0) is 22.8. The molecule has 1 atom stereocenters. The Balaban J connectivity index is 1.46. The number of benzene rings is 2. The third-order valence-electron chi connectivity index (χ3n) is 5.40. The molecule has 0 bridgehead atoms. The lowest BCUT2D eigenvalue weighted by Gasteiger charge is -2.15. The minimum absolute atomic E-state index is 0.184. The summed E-state index contributed by atoms with van der Waals surface area (Å²) in [6, 6.07) is 18.4. The van der Waals surface area contributed by atoms with Crippen LogP contribution in [-0.4, -0.2) is 35.4 Å². The Morgan fingerprint density at radius 3 is 2.38 bits per heavy atom. The molecule has 1 saturated carbocycles. The molecular formula is C24H29F2N3O2Si. The van der Waals surface area contributed by atoms with Gasteiger partial charge in [0.25, 0.3) is 5.92 Å². The van der Waals surface area contributed by atoms with Crippen LogP contribution in [0, 0.1) is 0 Å².